The van der Waals surface area contributed by atoms with Crippen LogP contribution in [-0.4, -0.2) is 25.9 Å². The van der Waals surface area contributed by atoms with Crippen molar-refractivity contribution in [1.29, 1.82) is 0 Å². The number of hydrogen-bond acceptors (Lipinski definition) is 4. The zero-order chi connectivity index (χ0) is 17.4. The summed E-state index contributed by atoms with van der Waals surface area (Å²) in [5.74, 6) is -0.198. The van der Waals surface area contributed by atoms with E-state index in [1.54, 1.807) is 24.5 Å². The van der Waals surface area contributed by atoms with Crippen LogP contribution in [0.2, 0.25) is 0 Å². The molecule has 2 aromatic rings. The van der Waals surface area contributed by atoms with Crippen molar-refractivity contribution in [2.24, 2.45) is 0 Å². The van der Waals surface area contributed by atoms with Gasteiger partial charge in [0.1, 0.15) is 0 Å². The number of nitrogens with zero attached hydrogens (tertiary/aromatic N) is 1. The van der Waals surface area contributed by atoms with Crippen LogP contribution in [-0.2, 0) is 16.6 Å². The third-order valence-electron chi connectivity index (χ3n) is 3.43. The Balaban J connectivity index is 1.99. The molecule has 0 aliphatic carbocycles. The maximum atomic E-state index is 12.3. The molecular weight excluding hydrogens is 326 g/mol. The molecule has 0 unspecified atom stereocenters. The molecule has 24 heavy (non-hydrogen) atoms. The summed E-state index contributed by atoms with van der Waals surface area (Å²) < 4.78 is 27.0. The van der Waals surface area contributed by atoms with Crippen LogP contribution in [0.25, 0.3) is 0 Å². The predicted octanol–water partition coefficient (Wildman–Crippen LogP) is 2.09. The highest BCUT2D eigenvalue weighted by atomic mass is 32.2. The van der Waals surface area contributed by atoms with Crippen LogP contribution < -0.4 is 10.0 Å². The van der Waals surface area contributed by atoms with Crippen LogP contribution >= 0.6 is 0 Å². The average molecular weight is 347 g/mol. The van der Waals surface area contributed by atoms with E-state index >= 15 is 0 Å². The molecule has 1 amide bonds. The second-order valence-corrected chi connectivity index (χ2v) is 7.09. The molecule has 0 fully saturated rings. The largest absolute Gasteiger partial charge is 0.352 e. The zero-order valence-corrected chi connectivity index (χ0v) is 14.3. The zero-order valence-electron chi connectivity index (χ0n) is 13.5. The van der Waals surface area contributed by atoms with Crippen molar-refractivity contribution in [2.45, 2.75) is 31.2 Å². The highest BCUT2D eigenvalue weighted by Crippen LogP contribution is 2.11. The van der Waals surface area contributed by atoms with Gasteiger partial charge in [0, 0.05) is 31.0 Å². The monoisotopic (exact) mass is 347 g/mol. The summed E-state index contributed by atoms with van der Waals surface area (Å²) in [6.45, 7) is 2.82. The maximum absolute atomic E-state index is 12.3. The molecule has 0 saturated heterocycles. The normalized spacial score (nSPS) is 11.2. The van der Waals surface area contributed by atoms with Crippen molar-refractivity contribution >= 4 is 15.9 Å². The van der Waals surface area contributed by atoms with Crippen molar-refractivity contribution < 1.29 is 13.2 Å². The molecule has 2 N–H and O–H groups in total. The maximum Gasteiger partial charge on any atom is 0.251 e. The van der Waals surface area contributed by atoms with Crippen molar-refractivity contribution in [1.82, 2.24) is 15.0 Å². The third-order valence-corrected chi connectivity index (χ3v) is 4.85. The molecule has 2 rings (SSSR count). The van der Waals surface area contributed by atoms with E-state index in [1.807, 2.05) is 6.92 Å². The second-order valence-electron chi connectivity index (χ2n) is 5.32. The molecule has 0 aliphatic heterocycles. The molecular formula is C17H21N3O3S. The van der Waals surface area contributed by atoms with E-state index in [0.29, 0.717) is 12.1 Å². The number of benzene rings is 1. The number of carbonyl (C=O) groups is 1. The van der Waals surface area contributed by atoms with E-state index in [9.17, 15) is 13.2 Å². The standard InChI is InChI=1S/C17H21N3O3S/c1-2-3-11-19-17(21)15-6-8-16(9-7-15)24(22,23)20-13-14-5-4-10-18-12-14/h4-10,12,20H,2-3,11,13H2,1H3,(H,19,21). The van der Waals surface area contributed by atoms with Gasteiger partial charge in [-0.3, -0.25) is 9.78 Å². The number of rotatable bonds is 8. The summed E-state index contributed by atoms with van der Waals surface area (Å²) in [5.41, 5.74) is 1.21. The Labute approximate surface area is 142 Å². The van der Waals surface area contributed by atoms with Crippen LogP contribution in [0, 0.1) is 0 Å². The van der Waals surface area contributed by atoms with E-state index in [0.717, 1.165) is 18.4 Å². The lowest BCUT2D eigenvalue weighted by molar-refractivity contribution is 0.0953. The fraction of sp³-hybridized carbons (Fsp3) is 0.294. The van der Waals surface area contributed by atoms with E-state index in [2.05, 4.69) is 15.0 Å². The van der Waals surface area contributed by atoms with Gasteiger partial charge in [-0.15, -0.1) is 0 Å². The van der Waals surface area contributed by atoms with Gasteiger partial charge in [-0.25, -0.2) is 13.1 Å². The Kier molecular flexibility index (Phi) is 6.45. The predicted molar refractivity (Wildman–Crippen MR) is 91.9 cm³/mol. The fourth-order valence-corrected chi connectivity index (χ4v) is 3.05. The molecule has 1 aromatic heterocycles. The quantitative estimate of drug-likeness (QED) is 0.716. The number of pyridine rings is 1. The molecule has 7 heteroatoms. The highest BCUT2D eigenvalue weighted by molar-refractivity contribution is 7.89. The molecule has 128 valence electrons. The fourth-order valence-electron chi connectivity index (χ4n) is 2.03. The minimum Gasteiger partial charge on any atom is -0.352 e. The molecule has 1 heterocycles. The van der Waals surface area contributed by atoms with Gasteiger partial charge in [0.05, 0.1) is 4.90 Å². The molecule has 0 saturated carbocycles. The Bertz CT molecular complexity index is 759. The van der Waals surface area contributed by atoms with Gasteiger partial charge in [-0.05, 0) is 42.3 Å². The Morgan fingerprint density at radius 2 is 1.92 bits per heavy atom. The van der Waals surface area contributed by atoms with E-state index in [-0.39, 0.29) is 17.3 Å². The lowest BCUT2D eigenvalue weighted by Gasteiger charge is -2.08. The third kappa shape index (κ3) is 5.14. The number of hydrogen-bond donors (Lipinski definition) is 2. The number of aromatic nitrogens is 1. The molecule has 0 aliphatic rings. The molecule has 6 nitrogen and oxygen atoms in total. The van der Waals surface area contributed by atoms with Gasteiger partial charge in [0.2, 0.25) is 10.0 Å². The van der Waals surface area contributed by atoms with E-state index < -0.39 is 10.0 Å². The van der Waals surface area contributed by atoms with Gasteiger partial charge in [0.15, 0.2) is 0 Å². The number of carbonyl (C=O) groups excluding carboxylic acids is 1. The van der Waals surface area contributed by atoms with Crippen molar-refractivity contribution in [3.8, 4) is 0 Å². The van der Waals surface area contributed by atoms with Gasteiger partial charge in [-0.1, -0.05) is 19.4 Å². The van der Waals surface area contributed by atoms with Crippen LogP contribution in [0.1, 0.15) is 35.7 Å². The summed E-state index contributed by atoms with van der Waals surface area (Å²) >= 11 is 0. The molecule has 0 bridgehead atoms. The topological polar surface area (TPSA) is 88.2 Å². The number of amides is 1. The summed E-state index contributed by atoms with van der Waals surface area (Å²) in [5, 5.41) is 2.79. The lowest BCUT2D eigenvalue weighted by atomic mass is 10.2. The minimum atomic E-state index is -3.63. The first-order chi connectivity index (χ1) is 11.5. The Hall–Kier alpha value is -2.25. The first-order valence-electron chi connectivity index (χ1n) is 7.80. The molecule has 0 radical (unpaired) electrons. The van der Waals surface area contributed by atoms with Crippen LogP contribution in [0.15, 0.2) is 53.7 Å². The average Bonchev–Trinajstić information content (AvgIpc) is 2.61. The summed E-state index contributed by atoms with van der Waals surface area (Å²) in [6, 6.07) is 9.43. The number of unbranched alkanes of at least 4 members (excludes halogenated alkanes) is 1. The lowest BCUT2D eigenvalue weighted by Crippen LogP contribution is -2.25. The summed E-state index contributed by atoms with van der Waals surface area (Å²) in [7, 11) is -3.63. The van der Waals surface area contributed by atoms with Crippen molar-refractivity contribution in [2.75, 3.05) is 6.54 Å². The van der Waals surface area contributed by atoms with E-state index in [1.165, 1.54) is 24.3 Å². The SMILES string of the molecule is CCCCNC(=O)c1ccc(S(=O)(=O)NCc2cccnc2)cc1. The van der Waals surface area contributed by atoms with Gasteiger partial charge < -0.3 is 5.32 Å². The van der Waals surface area contributed by atoms with Crippen LogP contribution in [0.4, 0.5) is 0 Å². The van der Waals surface area contributed by atoms with Crippen LogP contribution in [0.3, 0.4) is 0 Å². The second kappa shape index (κ2) is 8.56. The first-order valence-corrected chi connectivity index (χ1v) is 9.28. The molecule has 1 aromatic carbocycles. The molecule has 0 spiro atoms. The van der Waals surface area contributed by atoms with Gasteiger partial charge in [-0.2, -0.15) is 0 Å². The number of nitrogens with one attached hydrogen (secondary N) is 2. The van der Waals surface area contributed by atoms with Crippen molar-refractivity contribution in [3.63, 3.8) is 0 Å². The summed E-state index contributed by atoms with van der Waals surface area (Å²) in [6.07, 6.45) is 5.14. The van der Waals surface area contributed by atoms with Crippen LogP contribution in [0.5, 0.6) is 0 Å². The van der Waals surface area contributed by atoms with Gasteiger partial charge in [0.25, 0.3) is 5.91 Å². The van der Waals surface area contributed by atoms with E-state index in [4.69, 9.17) is 0 Å². The summed E-state index contributed by atoms with van der Waals surface area (Å²) in [4.78, 5) is 16.0. The minimum absolute atomic E-state index is 0.122. The first kappa shape index (κ1) is 18.1. The number of sulfonamides is 1. The highest BCUT2D eigenvalue weighted by Gasteiger charge is 2.14. The van der Waals surface area contributed by atoms with Crippen molar-refractivity contribution in [3.05, 3.63) is 59.9 Å². The van der Waals surface area contributed by atoms with Gasteiger partial charge >= 0.3 is 0 Å². The Morgan fingerprint density at radius 1 is 1.17 bits per heavy atom. The Morgan fingerprint density at radius 3 is 2.54 bits per heavy atom. The smallest absolute Gasteiger partial charge is 0.251 e. The molecule has 0 atom stereocenters.